The Balaban J connectivity index is 4.67. The predicted molar refractivity (Wildman–Crippen MR) is 58.6 cm³/mol. The zero-order valence-electron chi connectivity index (χ0n) is 9.99. The first-order valence-electron chi connectivity index (χ1n) is 5.40. The zero-order valence-corrected chi connectivity index (χ0v) is 9.99. The first-order chi connectivity index (χ1) is 6.90. The highest BCUT2D eigenvalue weighted by molar-refractivity contribution is 5.82. The second-order valence-corrected chi connectivity index (χ2v) is 4.20. The zero-order chi connectivity index (χ0) is 12.0. The summed E-state index contributed by atoms with van der Waals surface area (Å²) in [7, 11) is 0. The van der Waals surface area contributed by atoms with Crippen LogP contribution in [0.4, 0.5) is 0 Å². The molecule has 0 aliphatic carbocycles. The van der Waals surface area contributed by atoms with E-state index >= 15 is 0 Å². The van der Waals surface area contributed by atoms with Crippen molar-refractivity contribution in [1.29, 1.82) is 0 Å². The molecule has 0 radical (unpaired) electrons. The smallest absolute Gasteiger partial charge is 0.326 e. The minimum absolute atomic E-state index is 0.162. The summed E-state index contributed by atoms with van der Waals surface area (Å²) >= 11 is 0. The maximum absolute atomic E-state index is 11.3. The topological polar surface area (TPSA) is 57.6 Å². The van der Waals surface area contributed by atoms with Crippen LogP contribution in [0.25, 0.3) is 0 Å². The normalized spacial score (nSPS) is 12.6. The first-order valence-corrected chi connectivity index (χ1v) is 5.40. The Morgan fingerprint density at radius 2 is 1.87 bits per heavy atom. The summed E-state index contributed by atoms with van der Waals surface area (Å²) in [5.74, 6) is -0.804. The van der Waals surface area contributed by atoms with Crippen LogP contribution in [-0.4, -0.2) is 34.5 Å². The van der Waals surface area contributed by atoms with Crippen LogP contribution in [-0.2, 0) is 9.59 Å². The number of nitrogens with zero attached hydrogens (tertiary/aromatic N) is 1. The molecule has 0 spiro atoms. The molecule has 0 aromatic carbocycles. The number of hydrogen-bond donors (Lipinski definition) is 1. The first kappa shape index (κ1) is 13.9. The Hall–Kier alpha value is -1.06. The van der Waals surface area contributed by atoms with Crippen molar-refractivity contribution in [3.8, 4) is 0 Å². The maximum Gasteiger partial charge on any atom is 0.326 e. The molecule has 4 nitrogen and oxygen atoms in total. The van der Waals surface area contributed by atoms with Crippen LogP contribution >= 0.6 is 0 Å². The summed E-state index contributed by atoms with van der Waals surface area (Å²) < 4.78 is 0. The third-order valence-corrected chi connectivity index (χ3v) is 2.22. The molecule has 0 fully saturated rings. The van der Waals surface area contributed by atoms with Gasteiger partial charge in [0.2, 0.25) is 5.91 Å². The second kappa shape index (κ2) is 6.43. The lowest BCUT2D eigenvalue weighted by atomic mass is 10.0. The van der Waals surface area contributed by atoms with Crippen LogP contribution in [0.1, 0.15) is 40.5 Å². The summed E-state index contributed by atoms with van der Waals surface area (Å²) in [5, 5.41) is 9.07. The number of hydrogen-bond acceptors (Lipinski definition) is 2. The lowest BCUT2D eigenvalue weighted by Gasteiger charge is -2.28. The molecule has 0 aromatic rings. The molecule has 0 aliphatic heterocycles. The Morgan fingerprint density at radius 3 is 2.13 bits per heavy atom. The molecule has 0 rings (SSSR count). The number of carboxylic acid groups (broad SMARTS) is 1. The number of rotatable bonds is 6. The van der Waals surface area contributed by atoms with E-state index in [9.17, 15) is 9.59 Å². The monoisotopic (exact) mass is 215 g/mol. The lowest BCUT2D eigenvalue weighted by molar-refractivity contribution is -0.150. The van der Waals surface area contributed by atoms with Gasteiger partial charge < -0.3 is 10.0 Å². The van der Waals surface area contributed by atoms with E-state index in [0.717, 1.165) is 6.42 Å². The quantitative estimate of drug-likeness (QED) is 0.734. The van der Waals surface area contributed by atoms with Gasteiger partial charge in [-0.15, -0.1) is 0 Å². The van der Waals surface area contributed by atoms with Crippen LogP contribution < -0.4 is 0 Å². The third kappa shape index (κ3) is 4.81. The fourth-order valence-corrected chi connectivity index (χ4v) is 1.58. The second-order valence-electron chi connectivity index (χ2n) is 4.20. The van der Waals surface area contributed by atoms with Gasteiger partial charge in [0, 0.05) is 13.5 Å². The number of carbonyl (C=O) groups is 2. The Labute approximate surface area is 91.3 Å². The highest BCUT2D eigenvalue weighted by Gasteiger charge is 2.27. The van der Waals surface area contributed by atoms with Crippen LogP contribution in [0.2, 0.25) is 0 Å². The van der Waals surface area contributed by atoms with E-state index in [2.05, 4.69) is 0 Å². The van der Waals surface area contributed by atoms with Gasteiger partial charge in [0.15, 0.2) is 0 Å². The molecule has 0 bridgehead atoms. The van der Waals surface area contributed by atoms with Gasteiger partial charge in [-0.2, -0.15) is 0 Å². The highest BCUT2D eigenvalue weighted by atomic mass is 16.4. The van der Waals surface area contributed by atoms with Crippen LogP contribution in [0.3, 0.4) is 0 Å². The molecule has 15 heavy (non-hydrogen) atoms. The molecule has 0 aromatic heterocycles. The van der Waals surface area contributed by atoms with Crippen molar-refractivity contribution >= 4 is 11.9 Å². The van der Waals surface area contributed by atoms with Gasteiger partial charge in [-0.3, -0.25) is 4.79 Å². The van der Waals surface area contributed by atoms with E-state index in [4.69, 9.17) is 5.11 Å². The molecular formula is C11H21NO3. The molecule has 0 heterocycles. The highest BCUT2D eigenvalue weighted by Crippen LogP contribution is 2.13. The van der Waals surface area contributed by atoms with Gasteiger partial charge >= 0.3 is 5.97 Å². The van der Waals surface area contributed by atoms with Gasteiger partial charge in [0.25, 0.3) is 0 Å². The van der Waals surface area contributed by atoms with E-state index in [1.54, 1.807) is 0 Å². The summed E-state index contributed by atoms with van der Waals surface area (Å²) in [6.07, 6.45) is 1.29. The maximum atomic E-state index is 11.3. The number of aliphatic carboxylic acids is 1. The molecule has 88 valence electrons. The van der Waals surface area contributed by atoms with Gasteiger partial charge in [-0.1, -0.05) is 20.8 Å². The Kier molecular flexibility index (Phi) is 5.97. The van der Waals surface area contributed by atoms with Crippen LogP contribution in [0.5, 0.6) is 0 Å². The van der Waals surface area contributed by atoms with Crippen molar-refractivity contribution in [2.45, 2.75) is 46.6 Å². The van der Waals surface area contributed by atoms with Crippen LogP contribution in [0.15, 0.2) is 0 Å². The van der Waals surface area contributed by atoms with E-state index in [1.165, 1.54) is 11.8 Å². The molecule has 1 N–H and O–H groups in total. The summed E-state index contributed by atoms with van der Waals surface area (Å²) in [6.45, 7) is 7.79. The minimum atomic E-state index is -0.910. The SMILES string of the molecule is CCCN(C(C)=O)C(CC(C)C)C(=O)O. The van der Waals surface area contributed by atoms with Gasteiger partial charge in [-0.05, 0) is 18.8 Å². The average Bonchev–Trinajstić information content (AvgIpc) is 2.09. The number of carboxylic acids is 1. The Bertz CT molecular complexity index is 226. The van der Waals surface area contributed by atoms with Gasteiger partial charge in [-0.25, -0.2) is 4.79 Å². The van der Waals surface area contributed by atoms with Crippen molar-refractivity contribution in [1.82, 2.24) is 4.90 Å². The van der Waals surface area contributed by atoms with Gasteiger partial charge in [0.05, 0.1) is 0 Å². The molecule has 0 saturated heterocycles. The van der Waals surface area contributed by atoms with E-state index in [1.807, 2.05) is 20.8 Å². The molecule has 0 aliphatic rings. The molecule has 4 heteroatoms. The summed E-state index contributed by atoms with van der Waals surface area (Å²) in [5.41, 5.74) is 0. The van der Waals surface area contributed by atoms with Crippen molar-refractivity contribution in [3.63, 3.8) is 0 Å². The van der Waals surface area contributed by atoms with Crippen molar-refractivity contribution < 1.29 is 14.7 Å². The molecule has 1 unspecified atom stereocenters. The largest absolute Gasteiger partial charge is 0.480 e. The standard InChI is InChI=1S/C11H21NO3/c1-5-6-12(9(4)13)10(11(14)15)7-8(2)3/h8,10H,5-7H2,1-4H3,(H,14,15). The molecular weight excluding hydrogens is 194 g/mol. The summed E-state index contributed by atoms with van der Waals surface area (Å²) in [4.78, 5) is 23.8. The Morgan fingerprint density at radius 1 is 1.33 bits per heavy atom. The van der Waals surface area contributed by atoms with E-state index in [0.29, 0.717) is 13.0 Å². The van der Waals surface area contributed by atoms with E-state index in [-0.39, 0.29) is 11.8 Å². The van der Waals surface area contributed by atoms with Crippen molar-refractivity contribution in [3.05, 3.63) is 0 Å². The predicted octanol–water partition coefficient (Wildman–Crippen LogP) is 1.74. The van der Waals surface area contributed by atoms with Crippen molar-refractivity contribution in [2.24, 2.45) is 5.92 Å². The van der Waals surface area contributed by atoms with Gasteiger partial charge in [0.1, 0.15) is 6.04 Å². The fourth-order valence-electron chi connectivity index (χ4n) is 1.58. The molecule has 1 atom stereocenters. The number of carbonyl (C=O) groups excluding carboxylic acids is 1. The van der Waals surface area contributed by atoms with Crippen LogP contribution in [0, 0.1) is 5.92 Å². The molecule has 1 amide bonds. The fraction of sp³-hybridized carbons (Fsp3) is 0.818. The number of amides is 1. The van der Waals surface area contributed by atoms with E-state index < -0.39 is 12.0 Å². The third-order valence-electron chi connectivity index (χ3n) is 2.22. The van der Waals surface area contributed by atoms with Crippen molar-refractivity contribution in [2.75, 3.05) is 6.54 Å². The average molecular weight is 215 g/mol. The molecule has 0 saturated carbocycles. The minimum Gasteiger partial charge on any atom is -0.480 e. The summed E-state index contributed by atoms with van der Waals surface area (Å²) in [6, 6.07) is -0.678. The lowest BCUT2D eigenvalue weighted by Crippen LogP contribution is -2.45.